The van der Waals surface area contributed by atoms with E-state index in [4.69, 9.17) is 10.5 Å². The summed E-state index contributed by atoms with van der Waals surface area (Å²) < 4.78 is 5.46. The molecule has 0 bridgehead atoms. The first-order valence-electron chi connectivity index (χ1n) is 10.6. The SMILES string of the molecule is CC(C)(C)OC(=O)N1CC=C(c2cnc(N)c(-c3ccc4c(c3)CCNC4=O)c2)CC1. The first-order valence-corrected chi connectivity index (χ1v) is 10.6. The number of benzene rings is 1. The number of ether oxygens (including phenoxy) is 1. The van der Waals surface area contributed by atoms with Crippen LogP contribution in [0.2, 0.25) is 0 Å². The number of hydrogen-bond donors (Lipinski definition) is 2. The van der Waals surface area contributed by atoms with Crippen molar-refractivity contribution in [1.29, 1.82) is 0 Å². The van der Waals surface area contributed by atoms with Crippen LogP contribution in [0.1, 0.15) is 48.7 Å². The highest BCUT2D eigenvalue weighted by molar-refractivity contribution is 5.97. The summed E-state index contributed by atoms with van der Waals surface area (Å²) in [6.07, 6.45) is 5.04. The lowest BCUT2D eigenvalue weighted by Crippen LogP contribution is -2.39. The number of anilines is 1. The van der Waals surface area contributed by atoms with Crippen LogP contribution in [0.25, 0.3) is 16.7 Å². The summed E-state index contributed by atoms with van der Waals surface area (Å²) in [7, 11) is 0. The molecule has 7 heteroatoms. The van der Waals surface area contributed by atoms with Gasteiger partial charge in [-0.2, -0.15) is 0 Å². The van der Waals surface area contributed by atoms with Gasteiger partial charge in [-0.15, -0.1) is 0 Å². The van der Waals surface area contributed by atoms with E-state index in [1.54, 1.807) is 11.1 Å². The molecule has 2 aliphatic rings. The largest absolute Gasteiger partial charge is 0.444 e. The van der Waals surface area contributed by atoms with Gasteiger partial charge in [-0.25, -0.2) is 9.78 Å². The Labute approximate surface area is 182 Å². The predicted octanol–water partition coefficient (Wildman–Crippen LogP) is 3.64. The van der Waals surface area contributed by atoms with E-state index in [1.165, 1.54) is 0 Å². The van der Waals surface area contributed by atoms with E-state index in [9.17, 15) is 9.59 Å². The standard InChI is InChI=1S/C24H28N4O3/c1-24(2,3)31-23(30)28-10-7-15(8-11-28)18-13-20(21(25)27-14-18)16-4-5-19-17(12-16)6-9-26-22(19)29/h4-5,7,12-14H,6,8-11H2,1-3H3,(H2,25,27)(H,26,29). The van der Waals surface area contributed by atoms with Crippen LogP contribution < -0.4 is 11.1 Å². The molecule has 0 atom stereocenters. The van der Waals surface area contributed by atoms with Crippen molar-refractivity contribution in [1.82, 2.24) is 15.2 Å². The van der Waals surface area contributed by atoms with Crippen LogP contribution in [-0.4, -0.2) is 47.1 Å². The fraction of sp³-hybridized carbons (Fsp3) is 0.375. The van der Waals surface area contributed by atoms with Crippen molar-refractivity contribution >= 4 is 23.4 Å². The van der Waals surface area contributed by atoms with Gasteiger partial charge in [0, 0.05) is 37.0 Å². The Kier molecular flexibility index (Phi) is 5.43. The van der Waals surface area contributed by atoms with Gasteiger partial charge in [0.15, 0.2) is 0 Å². The van der Waals surface area contributed by atoms with Crippen LogP contribution >= 0.6 is 0 Å². The smallest absolute Gasteiger partial charge is 0.410 e. The third-order valence-electron chi connectivity index (χ3n) is 5.49. The number of fused-ring (bicyclic) bond motifs is 1. The number of nitrogens with two attached hydrogens (primary N) is 1. The van der Waals surface area contributed by atoms with Crippen molar-refractivity contribution in [2.75, 3.05) is 25.4 Å². The normalized spacial score (nSPS) is 16.3. The molecule has 0 aliphatic carbocycles. The van der Waals surface area contributed by atoms with E-state index in [1.807, 2.05) is 51.1 Å². The van der Waals surface area contributed by atoms with Crippen LogP contribution in [0, 0.1) is 0 Å². The highest BCUT2D eigenvalue weighted by Gasteiger charge is 2.24. The summed E-state index contributed by atoms with van der Waals surface area (Å²) in [5, 5.41) is 2.86. The summed E-state index contributed by atoms with van der Waals surface area (Å²) in [5.74, 6) is 0.422. The zero-order chi connectivity index (χ0) is 22.2. The van der Waals surface area contributed by atoms with Gasteiger partial charge in [0.1, 0.15) is 11.4 Å². The van der Waals surface area contributed by atoms with E-state index in [0.717, 1.165) is 39.8 Å². The average Bonchev–Trinajstić information content (AvgIpc) is 2.73. The number of carbonyl (C=O) groups excluding carboxylic acids is 2. The molecule has 3 heterocycles. The Balaban J connectivity index is 1.57. The molecule has 31 heavy (non-hydrogen) atoms. The van der Waals surface area contributed by atoms with Crippen molar-refractivity contribution in [3.8, 4) is 11.1 Å². The van der Waals surface area contributed by atoms with Crippen molar-refractivity contribution in [2.45, 2.75) is 39.2 Å². The molecule has 0 spiro atoms. The number of nitrogens with zero attached hydrogens (tertiary/aromatic N) is 2. The highest BCUT2D eigenvalue weighted by Crippen LogP contribution is 2.32. The highest BCUT2D eigenvalue weighted by atomic mass is 16.6. The molecule has 2 aliphatic heterocycles. The average molecular weight is 421 g/mol. The summed E-state index contributed by atoms with van der Waals surface area (Å²) in [5.41, 5.74) is 11.3. The summed E-state index contributed by atoms with van der Waals surface area (Å²) in [6, 6.07) is 7.84. The Morgan fingerprint density at radius 3 is 2.68 bits per heavy atom. The van der Waals surface area contributed by atoms with Crippen LogP contribution in [-0.2, 0) is 11.2 Å². The number of pyridine rings is 1. The second-order valence-electron chi connectivity index (χ2n) is 8.94. The number of nitrogens with one attached hydrogen (secondary N) is 1. The number of aromatic nitrogens is 1. The molecular formula is C24H28N4O3. The fourth-order valence-corrected chi connectivity index (χ4v) is 3.90. The zero-order valence-electron chi connectivity index (χ0n) is 18.2. The van der Waals surface area contributed by atoms with Crippen molar-refractivity contribution in [3.05, 3.63) is 53.2 Å². The molecule has 0 saturated carbocycles. The minimum atomic E-state index is -0.508. The fourth-order valence-electron chi connectivity index (χ4n) is 3.90. The number of hydrogen-bond acceptors (Lipinski definition) is 5. The van der Waals surface area contributed by atoms with Crippen molar-refractivity contribution in [3.63, 3.8) is 0 Å². The third kappa shape index (κ3) is 4.55. The van der Waals surface area contributed by atoms with Gasteiger partial charge in [0.05, 0.1) is 0 Å². The van der Waals surface area contributed by atoms with Crippen LogP contribution in [0.15, 0.2) is 36.5 Å². The van der Waals surface area contributed by atoms with Crippen molar-refractivity contribution < 1.29 is 14.3 Å². The van der Waals surface area contributed by atoms with Gasteiger partial charge in [-0.3, -0.25) is 4.79 Å². The van der Waals surface area contributed by atoms with Crippen LogP contribution in [0.3, 0.4) is 0 Å². The van der Waals surface area contributed by atoms with Gasteiger partial charge < -0.3 is 20.7 Å². The molecule has 2 aromatic rings. The van der Waals surface area contributed by atoms with Crippen LogP contribution in [0.4, 0.5) is 10.6 Å². The lowest BCUT2D eigenvalue weighted by Gasteiger charge is -2.29. The Morgan fingerprint density at radius 2 is 1.97 bits per heavy atom. The maximum absolute atomic E-state index is 12.3. The molecule has 0 unspecified atom stereocenters. The topological polar surface area (TPSA) is 97.6 Å². The maximum Gasteiger partial charge on any atom is 0.410 e. The van der Waals surface area contributed by atoms with Gasteiger partial charge in [0.25, 0.3) is 5.91 Å². The minimum absolute atomic E-state index is 0.0328. The van der Waals surface area contributed by atoms with E-state index < -0.39 is 5.60 Å². The van der Waals surface area contributed by atoms with Gasteiger partial charge in [-0.1, -0.05) is 18.2 Å². The molecule has 0 saturated heterocycles. The Bertz CT molecular complexity index is 1070. The number of amides is 2. The van der Waals surface area contributed by atoms with E-state index in [2.05, 4.69) is 10.3 Å². The molecule has 162 valence electrons. The quantitative estimate of drug-likeness (QED) is 0.773. The Morgan fingerprint density at radius 1 is 1.16 bits per heavy atom. The number of nitrogen functional groups attached to an aromatic ring is 1. The second kappa shape index (κ2) is 8.06. The second-order valence-corrected chi connectivity index (χ2v) is 8.94. The number of carbonyl (C=O) groups is 2. The van der Waals surface area contributed by atoms with Gasteiger partial charge >= 0.3 is 6.09 Å². The van der Waals surface area contributed by atoms with Gasteiger partial charge in [-0.05, 0) is 68.0 Å². The number of rotatable bonds is 2. The van der Waals surface area contributed by atoms with Crippen LogP contribution in [0.5, 0.6) is 0 Å². The first-order chi connectivity index (χ1) is 14.7. The molecule has 4 rings (SSSR count). The van der Waals surface area contributed by atoms with Crippen molar-refractivity contribution in [2.24, 2.45) is 0 Å². The predicted molar refractivity (Wildman–Crippen MR) is 121 cm³/mol. The maximum atomic E-state index is 12.3. The molecule has 7 nitrogen and oxygen atoms in total. The molecule has 2 amide bonds. The molecular weight excluding hydrogens is 392 g/mol. The molecule has 1 aromatic carbocycles. The van der Waals surface area contributed by atoms with E-state index >= 15 is 0 Å². The zero-order valence-corrected chi connectivity index (χ0v) is 18.2. The lowest BCUT2D eigenvalue weighted by atomic mass is 9.93. The summed E-state index contributed by atoms with van der Waals surface area (Å²) >= 11 is 0. The molecule has 1 aromatic heterocycles. The van der Waals surface area contributed by atoms with E-state index in [0.29, 0.717) is 31.9 Å². The minimum Gasteiger partial charge on any atom is -0.444 e. The first kappa shape index (κ1) is 20.9. The molecule has 3 N–H and O–H groups in total. The Hall–Kier alpha value is -3.35. The molecule has 0 fully saturated rings. The molecule has 0 radical (unpaired) electrons. The lowest BCUT2D eigenvalue weighted by molar-refractivity contribution is 0.0270. The monoisotopic (exact) mass is 420 g/mol. The summed E-state index contributed by atoms with van der Waals surface area (Å²) in [6.45, 7) is 7.33. The van der Waals surface area contributed by atoms with Gasteiger partial charge in [0.2, 0.25) is 0 Å². The third-order valence-corrected chi connectivity index (χ3v) is 5.49. The van der Waals surface area contributed by atoms with E-state index in [-0.39, 0.29) is 12.0 Å². The summed E-state index contributed by atoms with van der Waals surface area (Å²) in [4.78, 5) is 30.4.